The van der Waals surface area contributed by atoms with Crippen molar-refractivity contribution in [3.05, 3.63) is 62.9 Å². The maximum Gasteiger partial charge on any atom is 0.332 e. The van der Waals surface area contributed by atoms with Crippen molar-refractivity contribution < 1.29 is 9.59 Å². The van der Waals surface area contributed by atoms with Crippen molar-refractivity contribution in [1.29, 1.82) is 0 Å². The zero-order valence-corrected chi connectivity index (χ0v) is 19.9. The Labute approximate surface area is 202 Å². The molecule has 0 aliphatic carbocycles. The number of aryl methyl sites for hydroxylation is 2. The van der Waals surface area contributed by atoms with Gasteiger partial charge >= 0.3 is 5.69 Å². The fourth-order valence-electron chi connectivity index (χ4n) is 5.07. The van der Waals surface area contributed by atoms with E-state index in [1.165, 1.54) is 4.57 Å². The van der Waals surface area contributed by atoms with Gasteiger partial charge in [0.05, 0.1) is 5.69 Å². The van der Waals surface area contributed by atoms with Crippen LogP contribution in [0.3, 0.4) is 0 Å². The Kier molecular flexibility index (Phi) is 5.88. The number of benzene rings is 1. The van der Waals surface area contributed by atoms with Crippen LogP contribution in [0.2, 0.25) is 0 Å². The highest BCUT2D eigenvalue weighted by atomic mass is 16.2. The largest absolute Gasteiger partial charge is 0.367 e. The Morgan fingerprint density at radius 2 is 1.71 bits per heavy atom. The van der Waals surface area contributed by atoms with Crippen molar-refractivity contribution in [2.24, 2.45) is 7.05 Å². The fraction of sp³-hybridized carbons (Fsp3) is 0.400. The van der Waals surface area contributed by atoms with Crippen LogP contribution >= 0.6 is 0 Å². The van der Waals surface area contributed by atoms with Gasteiger partial charge in [-0.1, -0.05) is 18.2 Å². The number of hydrogen-bond donors (Lipinski definition) is 0. The molecule has 4 heterocycles. The molecule has 2 aliphatic rings. The second-order valence-electron chi connectivity index (χ2n) is 9.03. The third kappa shape index (κ3) is 3.98. The first-order chi connectivity index (χ1) is 16.9. The molecule has 10 nitrogen and oxygen atoms in total. The van der Waals surface area contributed by atoms with Crippen LogP contribution in [0, 0.1) is 0 Å². The highest BCUT2D eigenvalue weighted by Crippen LogP contribution is 2.27. The van der Waals surface area contributed by atoms with E-state index in [1.807, 2.05) is 29.2 Å². The zero-order chi connectivity index (χ0) is 24.7. The minimum Gasteiger partial charge on any atom is -0.367 e. The van der Waals surface area contributed by atoms with Crippen LogP contribution in [-0.2, 0) is 29.6 Å². The van der Waals surface area contributed by atoms with Gasteiger partial charge in [0.2, 0.25) is 11.8 Å². The van der Waals surface area contributed by atoms with Gasteiger partial charge in [-0.3, -0.25) is 23.5 Å². The van der Waals surface area contributed by atoms with Crippen molar-refractivity contribution in [3.8, 4) is 0 Å². The molecule has 0 unspecified atom stereocenters. The van der Waals surface area contributed by atoms with Gasteiger partial charge in [-0.25, -0.2) is 9.78 Å². The molecule has 0 radical (unpaired) electrons. The summed E-state index contributed by atoms with van der Waals surface area (Å²) in [5, 5.41) is 0.303. The molecule has 0 spiro atoms. The number of pyridine rings is 1. The highest BCUT2D eigenvalue weighted by molar-refractivity contribution is 5.95. The van der Waals surface area contributed by atoms with Crippen LogP contribution in [0.25, 0.3) is 11.0 Å². The first-order valence-electron chi connectivity index (χ1n) is 11.8. The first-order valence-corrected chi connectivity index (χ1v) is 11.8. The average molecular weight is 477 g/mol. The third-order valence-corrected chi connectivity index (χ3v) is 6.97. The van der Waals surface area contributed by atoms with Crippen molar-refractivity contribution in [1.82, 2.24) is 19.0 Å². The number of hydrogen-bond acceptors (Lipinski definition) is 6. The second kappa shape index (κ2) is 9.01. The Bertz CT molecular complexity index is 1430. The minimum atomic E-state index is -0.577. The van der Waals surface area contributed by atoms with Gasteiger partial charge in [-0.15, -0.1) is 0 Å². The molecular weight excluding hydrogens is 448 g/mol. The number of para-hydroxylation sites is 1. The van der Waals surface area contributed by atoms with Crippen LogP contribution in [0.15, 0.2) is 46.1 Å². The van der Waals surface area contributed by atoms with E-state index in [0.29, 0.717) is 43.8 Å². The molecule has 2 amide bonds. The van der Waals surface area contributed by atoms with Crippen LogP contribution in [0.1, 0.15) is 18.9 Å². The van der Waals surface area contributed by atoms with E-state index in [1.54, 1.807) is 36.0 Å². The summed E-state index contributed by atoms with van der Waals surface area (Å²) < 4.78 is 2.34. The molecule has 1 aromatic carbocycles. The molecule has 0 N–H and O–H groups in total. The molecule has 0 bridgehead atoms. The van der Waals surface area contributed by atoms with E-state index in [4.69, 9.17) is 0 Å². The number of carbonyl (C=O) groups is 2. The Balaban J connectivity index is 1.53. The van der Waals surface area contributed by atoms with E-state index in [-0.39, 0.29) is 24.0 Å². The normalized spacial score (nSPS) is 15.9. The molecule has 10 heteroatoms. The van der Waals surface area contributed by atoms with Crippen LogP contribution < -0.4 is 21.0 Å². The summed E-state index contributed by atoms with van der Waals surface area (Å²) in [6.45, 7) is 3.96. The van der Waals surface area contributed by atoms with E-state index >= 15 is 0 Å². The number of nitrogens with zero attached hydrogens (tertiary/aromatic N) is 6. The Hall–Kier alpha value is -3.95. The van der Waals surface area contributed by atoms with Crippen LogP contribution in [0.4, 0.5) is 11.4 Å². The summed E-state index contributed by atoms with van der Waals surface area (Å²) in [4.78, 5) is 61.6. The number of aromatic nitrogens is 3. The summed E-state index contributed by atoms with van der Waals surface area (Å²) in [5.74, 6) is -0.275. The number of rotatable bonds is 3. The van der Waals surface area contributed by atoms with Gasteiger partial charge in [0.1, 0.15) is 11.9 Å². The molecule has 3 aromatic rings. The van der Waals surface area contributed by atoms with Gasteiger partial charge in [0, 0.05) is 58.6 Å². The summed E-state index contributed by atoms with van der Waals surface area (Å²) in [7, 11) is 1.56. The van der Waals surface area contributed by atoms with Gasteiger partial charge in [0.15, 0.2) is 5.65 Å². The molecule has 1 fully saturated rings. The maximum absolute atomic E-state index is 13.6. The molecule has 2 aliphatic heterocycles. The SMILES string of the molecule is CC(=O)N1CCN(c2ccnc3c2c(=O)n(CC(=O)N2CCCc4ccccc42)c(=O)n3C)CC1. The predicted octanol–water partition coefficient (Wildman–Crippen LogP) is 0.743. The molecular formula is C25H28N6O4. The number of piperazine rings is 1. The van der Waals surface area contributed by atoms with Gasteiger partial charge < -0.3 is 14.7 Å². The van der Waals surface area contributed by atoms with Crippen LogP contribution in [-0.4, -0.2) is 63.6 Å². The number of amides is 2. The zero-order valence-electron chi connectivity index (χ0n) is 19.9. The Morgan fingerprint density at radius 3 is 2.46 bits per heavy atom. The van der Waals surface area contributed by atoms with Crippen molar-refractivity contribution in [2.45, 2.75) is 26.3 Å². The molecule has 182 valence electrons. The van der Waals surface area contributed by atoms with Gasteiger partial charge in [-0.05, 0) is 30.5 Å². The average Bonchev–Trinajstić information content (AvgIpc) is 2.89. The first kappa shape index (κ1) is 22.8. The van der Waals surface area contributed by atoms with E-state index in [0.717, 1.165) is 28.7 Å². The summed E-state index contributed by atoms with van der Waals surface area (Å²) >= 11 is 0. The predicted molar refractivity (Wildman–Crippen MR) is 133 cm³/mol. The molecule has 1 saturated heterocycles. The molecule has 5 rings (SSSR count). The second-order valence-corrected chi connectivity index (χ2v) is 9.03. The third-order valence-electron chi connectivity index (χ3n) is 6.97. The maximum atomic E-state index is 13.6. The monoisotopic (exact) mass is 476 g/mol. The van der Waals surface area contributed by atoms with Crippen molar-refractivity contribution in [2.75, 3.05) is 42.5 Å². The highest BCUT2D eigenvalue weighted by Gasteiger charge is 2.26. The topological polar surface area (TPSA) is 101 Å². The lowest BCUT2D eigenvalue weighted by Gasteiger charge is -2.36. The summed E-state index contributed by atoms with van der Waals surface area (Å²) in [6.07, 6.45) is 3.30. The number of fused-ring (bicyclic) bond motifs is 2. The smallest absolute Gasteiger partial charge is 0.332 e. The lowest BCUT2D eigenvalue weighted by atomic mass is 10.0. The van der Waals surface area contributed by atoms with E-state index in [9.17, 15) is 19.2 Å². The summed E-state index contributed by atoms with van der Waals surface area (Å²) in [5.41, 5.74) is 1.75. The van der Waals surface area contributed by atoms with Crippen molar-refractivity contribution >= 4 is 34.2 Å². The quantitative estimate of drug-likeness (QED) is 0.553. The number of carbonyl (C=O) groups excluding carboxylic acids is 2. The van der Waals surface area contributed by atoms with E-state index in [2.05, 4.69) is 4.98 Å². The lowest BCUT2D eigenvalue weighted by Crippen LogP contribution is -2.49. The molecule has 0 atom stereocenters. The Morgan fingerprint density at radius 1 is 0.971 bits per heavy atom. The minimum absolute atomic E-state index is 0.0202. The van der Waals surface area contributed by atoms with Crippen molar-refractivity contribution in [3.63, 3.8) is 0 Å². The van der Waals surface area contributed by atoms with E-state index < -0.39 is 11.2 Å². The molecule has 2 aromatic heterocycles. The fourth-order valence-corrected chi connectivity index (χ4v) is 5.07. The lowest BCUT2D eigenvalue weighted by molar-refractivity contribution is -0.129. The molecule has 35 heavy (non-hydrogen) atoms. The molecule has 0 saturated carbocycles. The van der Waals surface area contributed by atoms with Gasteiger partial charge in [-0.2, -0.15) is 0 Å². The number of anilines is 2. The standard InChI is InChI=1S/C25H28N6O4/c1-17(32)28-12-14-29(15-13-28)20-9-10-26-23-22(20)24(34)31(25(35)27(23)2)16-21(33)30-11-5-7-18-6-3-4-8-19(18)30/h3-4,6,8-10H,5,7,11-16H2,1-2H3. The summed E-state index contributed by atoms with van der Waals surface area (Å²) in [6, 6.07) is 9.48. The van der Waals surface area contributed by atoms with Gasteiger partial charge in [0.25, 0.3) is 5.56 Å². The van der Waals surface area contributed by atoms with Crippen LogP contribution in [0.5, 0.6) is 0 Å².